The monoisotopic (exact) mass is 323 g/mol. The number of anilines is 1. The fraction of sp³-hybridized carbons (Fsp3) is 0. The number of aromatic nitrogens is 4. The van der Waals surface area contributed by atoms with Crippen LogP contribution < -0.4 is 5.73 Å². The van der Waals surface area contributed by atoms with Crippen LogP contribution >= 0.6 is 27.3 Å². The van der Waals surface area contributed by atoms with Crippen molar-refractivity contribution in [2.75, 3.05) is 5.73 Å². The normalized spacial score (nSPS) is 10.7. The molecule has 3 aromatic rings. The predicted molar refractivity (Wildman–Crippen MR) is 70.7 cm³/mol. The lowest BCUT2D eigenvalue weighted by atomic mass is 10.4. The third-order valence-corrected chi connectivity index (χ3v) is 3.77. The Morgan fingerprint density at radius 2 is 2.06 bits per heavy atom. The highest BCUT2D eigenvalue weighted by atomic mass is 79.9. The van der Waals surface area contributed by atoms with Crippen LogP contribution in [0.5, 0.6) is 0 Å². The Bertz CT molecular complexity index is 695. The smallest absolute Gasteiger partial charge is 0.280 e. The standard InChI is InChI=1S/C10H6BrN5OS/c11-6-2-1-5(18-6)9-15-10(17-16-9)7-8(12)14-4-3-13-7/h1-4H,(H2,12,14). The van der Waals surface area contributed by atoms with Gasteiger partial charge in [-0.15, -0.1) is 11.3 Å². The summed E-state index contributed by atoms with van der Waals surface area (Å²) in [6.07, 6.45) is 3.03. The molecule has 3 heterocycles. The molecular weight excluding hydrogens is 318 g/mol. The first-order valence-electron chi connectivity index (χ1n) is 4.90. The molecule has 0 aliphatic heterocycles. The summed E-state index contributed by atoms with van der Waals surface area (Å²) >= 11 is 4.90. The van der Waals surface area contributed by atoms with Crippen molar-refractivity contribution in [1.29, 1.82) is 0 Å². The molecule has 0 bridgehead atoms. The van der Waals surface area contributed by atoms with E-state index in [0.29, 0.717) is 11.5 Å². The third kappa shape index (κ3) is 2.00. The minimum absolute atomic E-state index is 0.264. The summed E-state index contributed by atoms with van der Waals surface area (Å²) in [7, 11) is 0. The molecular formula is C10H6BrN5OS. The van der Waals surface area contributed by atoms with E-state index in [1.807, 2.05) is 12.1 Å². The molecule has 0 atom stereocenters. The molecule has 0 spiro atoms. The molecule has 0 aliphatic carbocycles. The van der Waals surface area contributed by atoms with E-state index in [9.17, 15) is 0 Å². The van der Waals surface area contributed by atoms with E-state index in [0.717, 1.165) is 8.66 Å². The second-order valence-electron chi connectivity index (χ2n) is 3.32. The van der Waals surface area contributed by atoms with E-state index in [1.54, 1.807) is 0 Å². The molecule has 3 rings (SSSR count). The molecule has 90 valence electrons. The Labute approximate surface area is 114 Å². The second-order valence-corrected chi connectivity index (χ2v) is 5.78. The van der Waals surface area contributed by atoms with Gasteiger partial charge in [-0.25, -0.2) is 9.97 Å². The van der Waals surface area contributed by atoms with Crippen LogP contribution in [-0.2, 0) is 0 Å². The molecule has 8 heteroatoms. The first kappa shape index (κ1) is 11.3. The van der Waals surface area contributed by atoms with Gasteiger partial charge in [0, 0.05) is 12.4 Å². The van der Waals surface area contributed by atoms with Gasteiger partial charge in [0.05, 0.1) is 8.66 Å². The summed E-state index contributed by atoms with van der Waals surface area (Å²) in [5.41, 5.74) is 6.09. The number of nitrogens with two attached hydrogens (primary N) is 1. The Balaban J connectivity index is 2.02. The minimum atomic E-state index is 0.264. The molecule has 3 aromatic heterocycles. The SMILES string of the molecule is Nc1nccnc1-c1nc(-c2ccc(Br)s2)no1. The van der Waals surface area contributed by atoms with Crippen molar-refractivity contribution in [3.63, 3.8) is 0 Å². The second kappa shape index (κ2) is 4.46. The number of thiophene rings is 1. The maximum atomic E-state index is 5.70. The topological polar surface area (TPSA) is 90.7 Å². The van der Waals surface area contributed by atoms with Crippen LogP contribution in [-0.4, -0.2) is 20.1 Å². The van der Waals surface area contributed by atoms with Gasteiger partial charge in [-0.1, -0.05) is 5.16 Å². The van der Waals surface area contributed by atoms with Gasteiger partial charge in [0.2, 0.25) is 5.82 Å². The Morgan fingerprint density at radius 1 is 1.22 bits per heavy atom. The lowest BCUT2D eigenvalue weighted by Gasteiger charge is -1.95. The maximum Gasteiger partial charge on any atom is 0.280 e. The fourth-order valence-electron chi connectivity index (χ4n) is 1.37. The van der Waals surface area contributed by atoms with Crippen LogP contribution in [0, 0.1) is 0 Å². The van der Waals surface area contributed by atoms with Crippen molar-refractivity contribution in [3.8, 4) is 22.3 Å². The van der Waals surface area contributed by atoms with Crippen LogP contribution in [0.4, 0.5) is 5.82 Å². The summed E-state index contributed by atoms with van der Waals surface area (Å²) in [4.78, 5) is 13.2. The zero-order chi connectivity index (χ0) is 12.5. The van der Waals surface area contributed by atoms with E-state index in [2.05, 4.69) is 36.0 Å². The van der Waals surface area contributed by atoms with Crippen molar-refractivity contribution < 1.29 is 4.52 Å². The van der Waals surface area contributed by atoms with Gasteiger partial charge in [0.15, 0.2) is 11.5 Å². The van der Waals surface area contributed by atoms with Crippen molar-refractivity contribution >= 4 is 33.1 Å². The largest absolute Gasteiger partial charge is 0.382 e. The van der Waals surface area contributed by atoms with E-state index in [4.69, 9.17) is 10.3 Å². The molecule has 2 N–H and O–H groups in total. The zero-order valence-electron chi connectivity index (χ0n) is 8.87. The molecule has 6 nitrogen and oxygen atoms in total. The molecule has 0 saturated carbocycles. The maximum absolute atomic E-state index is 5.70. The van der Waals surface area contributed by atoms with Gasteiger partial charge < -0.3 is 10.3 Å². The minimum Gasteiger partial charge on any atom is -0.382 e. The third-order valence-electron chi connectivity index (χ3n) is 2.15. The van der Waals surface area contributed by atoms with Gasteiger partial charge in [-0.2, -0.15) is 4.98 Å². The molecule has 0 aromatic carbocycles. The van der Waals surface area contributed by atoms with E-state index >= 15 is 0 Å². The lowest BCUT2D eigenvalue weighted by Crippen LogP contribution is -1.95. The van der Waals surface area contributed by atoms with Crippen LogP contribution in [0.15, 0.2) is 32.8 Å². The highest BCUT2D eigenvalue weighted by molar-refractivity contribution is 9.11. The van der Waals surface area contributed by atoms with E-state index in [1.165, 1.54) is 23.7 Å². The van der Waals surface area contributed by atoms with Gasteiger partial charge in [-0.3, -0.25) is 0 Å². The average molecular weight is 324 g/mol. The lowest BCUT2D eigenvalue weighted by molar-refractivity contribution is 0.431. The van der Waals surface area contributed by atoms with Crippen molar-refractivity contribution in [3.05, 3.63) is 28.3 Å². The Morgan fingerprint density at radius 3 is 2.78 bits per heavy atom. The summed E-state index contributed by atoms with van der Waals surface area (Å²) in [6.45, 7) is 0. The van der Waals surface area contributed by atoms with Crippen LogP contribution in [0.25, 0.3) is 22.3 Å². The number of nitrogens with zero attached hydrogens (tertiary/aromatic N) is 4. The number of halogens is 1. The molecule has 0 saturated heterocycles. The quantitative estimate of drug-likeness (QED) is 0.779. The summed E-state index contributed by atoms with van der Waals surface area (Å²) in [6, 6.07) is 3.83. The number of hydrogen-bond acceptors (Lipinski definition) is 7. The Kier molecular flexibility index (Phi) is 2.80. The van der Waals surface area contributed by atoms with Crippen molar-refractivity contribution in [2.45, 2.75) is 0 Å². The van der Waals surface area contributed by atoms with Crippen LogP contribution in [0.1, 0.15) is 0 Å². The predicted octanol–water partition coefficient (Wildman–Crippen LogP) is 2.60. The molecule has 0 radical (unpaired) electrons. The van der Waals surface area contributed by atoms with E-state index < -0.39 is 0 Å². The highest BCUT2D eigenvalue weighted by Gasteiger charge is 2.15. The summed E-state index contributed by atoms with van der Waals surface area (Å²) in [5.74, 6) is 1.03. The molecule has 0 unspecified atom stereocenters. The average Bonchev–Trinajstić information content (AvgIpc) is 2.98. The number of rotatable bonds is 2. The van der Waals surface area contributed by atoms with Gasteiger partial charge >= 0.3 is 0 Å². The molecule has 0 fully saturated rings. The van der Waals surface area contributed by atoms with Gasteiger partial charge in [-0.05, 0) is 28.1 Å². The fourth-order valence-corrected chi connectivity index (χ4v) is 2.68. The van der Waals surface area contributed by atoms with Crippen LogP contribution in [0.2, 0.25) is 0 Å². The molecule has 0 amide bonds. The zero-order valence-corrected chi connectivity index (χ0v) is 11.3. The summed E-state index contributed by atoms with van der Waals surface area (Å²) < 4.78 is 6.15. The van der Waals surface area contributed by atoms with Crippen molar-refractivity contribution in [1.82, 2.24) is 20.1 Å². The molecule has 18 heavy (non-hydrogen) atoms. The van der Waals surface area contributed by atoms with Crippen LogP contribution in [0.3, 0.4) is 0 Å². The first-order chi connectivity index (χ1) is 8.74. The highest BCUT2D eigenvalue weighted by Crippen LogP contribution is 2.30. The number of nitrogen functional groups attached to an aromatic ring is 1. The first-order valence-corrected chi connectivity index (χ1v) is 6.51. The molecule has 0 aliphatic rings. The van der Waals surface area contributed by atoms with Gasteiger partial charge in [0.1, 0.15) is 0 Å². The Hall–Kier alpha value is -1.80. The number of hydrogen-bond donors (Lipinski definition) is 1. The van der Waals surface area contributed by atoms with E-state index in [-0.39, 0.29) is 11.7 Å². The van der Waals surface area contributed by atoms with Gasteiger partial charge in [0.25, 0.3) is 5.89 Å². The summed E-state index contributed by atoms with van der Waals surface area (Å²) in [5, 5.41) is 3.90. The van der Waals surface area contributed by atoms with Crippen molar-refractivity contribution in [2.24, 2.45) is 0 Å².